The van der Waals surface area contributed by atoms with Gasteiger partial charge in [0, 0.05) is 0 Å². The fourth-order valence-electron chi connectivity index (χ4n) is 4.04. The molecule has 2 aromatic rings. The van der Waals surface area contributed by atoms with Gasteiger partial charge in [-0.05, 0) is 47.9 Å². The van der Waals surface area contributed by atoms with Crippen LogP contribution >= 0.6 is 0 Å². The fraction of sp³-hybridized carbons (Fsp3) is 0.333. The summed E-state index contributed by atoms with van der Waals surface area (Å²) in [6.45, 7) is 0. The van der Waals surface area contributed by atoms with Crippen molar-refractivity contribution in [1.29, 1.82) is 0 Å². The van der Waals surface area contributed by atoms with E-state index in [0.29, 0.717) is 12.8 Å². The maximum Gasteiger partial charge on any atom is 0.123 e. The van der Waals surface area contributed by atoms with Crippen molar-refractivity contribution in [2.75, 3.05) is 0 Å². The Balaban J connectivity index is 1.90. The zero-order valence-corrected chi connectivity index (χ0v) is 11.3. The lowest BCUT2D eigenvalue weighted by molar-refractivity contribution is -0.163. The lowest BCUT2D eigenvalue weighted by Gasteiger charge is -2.40. The minimum Gasteiger partial charge on any atom is -0.382 e. The zero-order valence-electron chi connectivity index (χ0n) is 11.3. The van der Waals surface area contributed by atoms with Gasteiger partial charge in [0.15, 0.2) is 0 Å². The van der Waals surface area contributed by atoms with Gasteiger partial charge in [-0.25, -0.2) is 0 Å². The predicted octanol–water partition coefficient (Wildman–Crippen LogP) is 2.65. The Kier molecular flexibility index (Phi) is 2.39. The summed E-state index contributed by atoms with van der Waals surface area (Å²) in [5.41, 5.74) is 1.81. The molecule has 2 N–H and O–H groups in total. The maximum absolute atomic E-state index is 11.3. The molecule has 0 bridgehead atoms. The van der Waals surface area contributed by atoms with Gasteiger partial charge in [-0.15, -0.1) is 0 Å². The molecular weight excluding hydrogens is 248 g/mol. The van der Waals surface area contributed by atoms with Gasteiger partial charge < -0.3 is 10.2 Å². The van der Waals surface area contributed by atoms with Crippen LogP contribution in [0.25, 0.3) is 0 Å². The highest BCUT2D eigenvalue weighted by atomic mass is 16.4. The summed E-state index contributed by atoms with van der Waals surface area (Å²) < 4.78 is 0. The first kappa shape index (κ1) is 12.1. The van der Waals surface area contributed by atoms with Crippen LogP contribution in [0, 0.1) is 0 Å². The lowest BCUT2D eigenvalue weighted by Crippen LogP contribution is -2.46. The standard InChI is InChI=1S/C18H18O2/c19-17(11-9-13-5-1-3-7-15(13)17)18(20)12-10-14-6-2-4-8-16(14)18/h1-8,19-20H,9-12H2/t17-,18-/m1/s1. The van der Waals surface area contributed by atoms with Crippen molar-refractivity contribution >= 4 is 0 Å². The van der Waals surface area contributed by atoms with E-state index in [4.69, 9.17) is 0 Å². The summed E-state index contributed by atoms with van der Waals surface area (Å²) in [5, 5.41) is 22.6. The summed E-state index contributed by atoms with van der Waals surface area (Å²) in [6, 6.07) is 15.9. The number of benzene rings is 2. The number of rotatable bonds is 1. The smallest absolute Gasteiger partial charge is 0.123 e. The summed E-state index contributed by atoms with van der Waals surface area (Å²) in [6.07, 6.45) is 2.85. The van der Waals surface area contributed by atoms with Crippen LogP contribution in [0.5, 0.6) is 0 Å². The van der Waals surface area contributed by atoms with Crippen LogP contribution in [-0.2, 0) is 24.0 Å². The SMILES string of the molecule is O[C@]1([C@@]2(O)CCc3ccccc32)CCc2ccccc21. The third-order valence-electron chi connectivity index (χ3n) is 5.12. The van der Waals surface area contributed by atoms with E-state index in [2.05, 4.69) is 12.1 Å². The van der Waals surface area contributed by atoms with Crippen molar-refractivity contribution in [2.45, 2.75) is 36.9 Å². The molecule has 0 heterocycles. The average molecular weight is 266 g/mol. The molecule has 2 aromatic carbocycles. The number of aryl methyl sites for hydroxylation is 2. The van der Waals surface area contributed by atoms with E-state index in [1.165, 1.54) is 0 Å². The Bertz CT molecular complexity index is 619. The van der Waals surface area contributed by atoms with Gasteiger partial charge in [-0.2, -0.15) is 0 Å². The summed E-state index contributed by atoms with van der Waals surface area (Å²) in [7, 11) is 0. The number of fused-ring (bicyclic) bond motifs is 2. The lowest BCUT2D eigenvalue weighted by atomic mass is 9.75. The van der Waals surface area contributed by atoms with Crippen LogP contribution in [0.15, 0.2) is 48.5 Å². The highest BCUT2D eigenvalue weighted by Crippen LogP contribution is 2.54. The number of aliphatic hydroxyl groups is 2. The second-order valence-corrected chi connectivity index (χ2v) is 6.03. The largest absolute Gasteiger partial charge is 0.382 e. The Morgan fingerprint density at radius 2 is 1.05 bits per heavy atom. The van der Waals surface area contributed by atoms with Crippen LogP contribution in [-0.4, -0.2) is 10.2 Å². The van der Waals surface area contributed by atoms with E-state index in [-0.39, 0.29) is 0 Å². The summed E-state index contributed by atoms with van der Waals surface area (Å²) in [5.74, 6) is 0. The molecule has 4 rings (SSSR count). The molecule has 0 unspecified atom stereocenters. The van der Waals surface area contributed by atoms with Gasteiger partial charge >= 0.3 is 0 Å². The first-order chi connectivity index (χ1) is 9.65. The van der Waals surface area contributed by atoms with Crippen molar-refractivity contribution in [3.8, 4) is 0 Å². The van der Waals surface area contributed by atoms with Crippen LogP contribution in [0.2, 0.25) is 0 Å². The monoisotopic (exact) mass is 266 g/mol. The van der Waals surface area contributed by atoms with E-state index in [1.807, 2.05) is 36.4 Å². The minimum absolute atomic E-state index is 0.594. The Morgan fingerprint density at radius 1 is 0.650 bits per heavy atom. The van der Waals surface area contributed by atoms with Gasteiger partial charge in [0.1, 0.15) is 11.2 Å². The molecule has 2 aliphatic rings. The molecule has 0 fully saturated rings. The van der Waals surface area contributed by atoms with Crippen molar-refractivity contribution < 1.29 is 10.2 Å². The molecule has 20 heavy (non-hydrogen) atoms. The summed E-state index contributed by atoms with van der Waals surface area (Å²) in [4.78, 5) is 0. The second kappa shape index (κ2) is 3.94. The first-order valence-electron chi connectivity index (χ1n) is 7.27. The number of hydrogen-bond donors (Lipinski definition) is 2. The quantitative estimate of drug-likeness (QED) is 0.833. The normalized spacial score (nSPS) is 31.1. The van der Waals surface area contributed by atoms with E-state index < -0.39 is 11.2 Å². The van der Waals surface area contributed by atoms with Crippen LogP contribution in [0.4, 0.5) is 0 Å². The molecule has 0 spiro atoms. The van der Waals surface area contributed by atoms with E-state index in [1.54, 1.807) is 0 Å². The van der Waals surface area contributed by atoms with E-state index in [0.717, 1.165) is 35.1 Å². The summed E-state index contributed by atoms with van der Waals surface area (Å²) >= 11 is 0. The Labute approximate surface area is 118 Å². The van der Waals surface area contributed by atoms with Gasteiger partial charge in [-0.3, -0.25) is 0 Å². The third-order valence-corrected chi connectivity index (χ3v) is 5.12. The molecule has 2 atom stereocenters. The van der Waals surface area contributed by atoms with E-state index in [9.17, 15) is 10.2 Å². The average Bonchev–Trinajstić information content (AvgIpc) is 3.02. The number of hydrogen-bond acceptors (Lipinski definition) is 2. The van der Waals surface area contributed by atoms with Crippen molar-refractivity contribution in [2.24, 2.45) is 0 Å². The Hall–Kier alpha value is -1.64. The van der Waals surface area contributed by atoms with Crippen LogP contribution in [0.1, 0.15) is 35.1 Å². The first-order valence-corrected chi connectivity index (χ1v) is 7.27. The second-order valence-electron chi connectivity index (χ2n) is 6.03. The van der Waals surface area contributed by atoms with Crippen LogP contribution < -0.4 is 0 Å². The third kappa shape index (κ3) is 1.36. The molecule has 0 aromatic heterocycles. The van der Waals surface area contributed by atoms with Gasteiger partial charge in [0.25, 0.3) is 0 Å². The fourth-order valence-corrected chi connectivity index (χ4v) is 4.04. The molecule has 2 aliphatic carbocycles. The van der Waals surface area contributed by atoms with Crippen molar-refractivity contribution in [3.63, 3.8) is 0 Å². The topological polar surface area (TPSA) is 40.5 Å². The van der Waals surface area contributed by atoms with Gasteiger partial charge in [0.2, 0.25) is 0 Å². The minimum atomic E-state index is -1.16. The van der Waals surface area contributed by atoms with Crippen molar-refractivity contribution in [3.05, 3.63) is 70.8 Å². The molecule has 0 aliphatic heterocycles. The molecule has 2 heteroatoms. The van der Waals surface area contributed by atoms with Crippen molar-refractivity contribution in [1.82, 2.24) is 0 Å². The molecule has 102 valence electrons. The predicted molar refractivity (Wildman–Crippen MR) is 77.3 cm³/mol. The molecule has 0 radical (unpaired) electrons. The molecule has 0 amide bonds. The highest BCUT2D eigenvalue weighted by Gasteiger charge is 2.56. The molecule has 0 saturated carbocycles. The maximum atomic E-state index is 11.3. The van der Waals surface area contributed by atoms with Gasteiger partial charge in [-0.1, -0.05) is 48.5 Å². The Morgan fingerprint density at radius 3 is 1.50 bits per heavy atom. The molecule has 0 saturated heterocycles. The van der Waals surface area contributed by atoms with Gasteiger partial charge in [0.05, 0.1) is 0 Å². The van der Waals surface area contributed by atoms with E-state index >= 15 is 0 Å². The molecule has 2 nitrogen and oxygen atoms in total. The zero-order chi connectivity index (χ0) is 13.8. The highest BCUT2D eigenvalue weighted by molar-refractivity contribution is 5.47. The van der Waals surface area contributed by atoms with Crippen LogP contribution in [0.3, 0.4) is 0 Å². The molecular formula is C18H18O2.